The Labute approximate surface area is 134 Å². The zero-order valence-corrected chi connectivity index (χ0v) is 15.0. The van der Waals surface area contributed by atoms with Gasteiger partial charge in [-0.05, 0) is 41.0 Å². The molecule has 5 nitrogen and oxygen atoms in total. The number of carbonyl (C=O) groups excluding carboxylic acids is 1. The Morgan fingerprint density at radius 1 is 1.23 bits per heavy atom. The largest absolute Gasteiger partial charge is 0.481 e. The van der Waals surface area contributed by atoms with Crippen molar-refractivity contribution >= 4 is 12.0 Å². The maximum absolute atomic E-state index is 12.2. The highest BCUT2D eigenvalue weighted by Crippen LogP contribution is 2.13. The van der Waals surface area contributed by atoms with E-state index in [0.717, 1.165) is 12.1 Å². The number of ether oxygens (including phenoxy) is 2. The van der Waals surface area contributed by atoms with Crippen LogP contribution in [0.2, 0.25) is 0 Å². The van der Waals surface area contributed by atoms with Crippen molar-refractivity contribution in [2.24, 2.45) is 4.99 Å². The number of allylic oxidation sites excluding steroid dienone is 2. The molecule has 0 aliphatic rings. The number of rotatable bonds is 6. The lowest BCUT2D eigenvalue weighted by Crippen LogP contribution is -2.35. The molecule has 0 radical (unpaired) electrons. The van der Waals surface area contributed by atoms with Gasteiger partial charge in [-0.2, -0.15) is 0 Å². The second kappa shape index (κ2) is 10.0. The van der Waals surface area contributed by atoms with Crippen LogP contribution in [0.3, 0.4) is 0 Å². The molecule has 0 unspecified atom stereocenters. The Morgan fingerprint density at radius 3 is 2.36 bits per heavy atom. The van der Waals surface area contributed by atoms with Crippen molar-refractivity contribution in [2.45, 2.75) is 53.6 Å². The normalized spacial score (nSPS) is 13.4. The lowest BCUT2D eigenvalue weighted by molar-refractivity contribution is 0.0331. The molecule has 0 saturated carbocycles. The lowest BCUT2D eigenvalue weighted by Gasteiger charge is -2.27. The fourth-order valence-electron chi connectivity index (χ4n) is 1.47. The molecule has 0 aliphatic heterocycles. The van der Waals surface area contributed by atoms with Crippen molar-refractivity contribution in [3.63, 3.8) is 0 Å². The Kier molecular flexibility index (Phi) is 9.22. The summed E-state index contributed by atoms with van der Waals surface area (Å²) in [7, 11) is 1.70. The monoisotopic (exact) mass is 310 g/mol. The molecular formula is C17H30N2O3. The zero-order chi connectivity index (χ0) is 17.2. The minimum Gasteiger partial charge on any atom is -0.481 e. The number of carbonyl (C=O) groups is 1. The lowest BCUT2D eigenvalue weighted by atomic mass is 10.2. The van der Waals surface area contributed by atoms with Crippen LogP contribution < -0.4 is 0 Å². The smallest absolute Gasteiger partial charge is 0.414 e. The molecule has 0 aliphatic carbocycles. The van der Waals surface area contributed by atoms with Crippen LogP contribution in [0.15, 0.2) is 28.9 Å². The van der Waals surface area contributed by atoms with Gasteiger partial charge in [0.25, 0.3) is 0 Å². The topological polar surface area (TPSA) is 51.1 Å². The summed E-state index contributed by atoms with van der Waals surface area (Å²) in [5, 5.41) is 0. The van der Waals surface area contributed by atoms with Gasteiger partial charge in [0.05, 0.1) is 6.61 Å². The fraction of sp³-hybridized carbons (Fsp3) is 0.647. The van der Waals surface area contributed by atoms with E-state index < -0.39 is 5.60 Å². The predicted molar refractivity (Wildman–Crippen MR) is 91.1 cm³/mol. The van der Waals surface area contributed by atoms with Crippen LogP contribution in [-0.2, 0) is 9.47 Å². The van der Waals surface area contributed by atoms with Crippen molar-refractivity contribution in [1.82, 2.24) is 4.90 Å². The third kappa shape index (κ3) is 9.21. The van der Waals surface area contributed by atoms with Gasteiger partial charge in [0, 0.05) is 26.2 Å². The van der Waals surface area contributed by atoms with Gasteiger partial charge in [-0.25, -0.2) is 4.79 Å². The second-order valence-corrected chi connectivity index (χ2v) is 5.87. The van der Waals surface area contributed by atoms with Crippen LogP contribution in [0.1, 0.15) is 48.0 Å². The van der Waals surface area contributed by atoms with Gasteiger partial charge in [0.15, 0.2) is 5.90 Å². The van der Waals surface area contributed by atoms with Crippen LogP contribution >= 0.6 is 0 Å². The van der Waals surface area contributed by atoms with E-state index in [0.29, 0.717) is 19.0 Å². The molecule has 0 atom stereocenters. The van der Waals surface area contributed by atoms with Gasteiger partial charge in [-0.15, -0.1) is 0 Å². The Hall–Kier alpha value is -1.78. The average Bonchev–Trinajstić information content (AvgIpc) is 2.43. The minimum absolute atomic E-state index is 0.335. The van der Waals surface area contributed by atoms with Crippen LogP contribution in [0.5, 0.6) is 0 Å². The summed E-state index contributed by atoms with van der Waals surface area (Å²) in [6, 6.07) is 0. The van der Waals surface area contributed by atoms with Gasteiger partial charge in [-0.3, -0.25) is 9.89 Å². The second-order valence-electron chi connectivity index (χ2n) is 5.87. The Morgan fingerprint density at radius 2 is 1.86 bits per heavy atom. The van der Waals surface area contributed by atoms with E-state index >= 15 is 0 Å². The molecular weight excluding hydrogens is 280 g/mol. The van der Waals surface area contributed by atoms with E-state index in [-0.39, 0.29) is 6.09 Å². The van der Waals surface area contributed by atoms with E-state index in [1.165, 1.54) is 0 Å². The molecule has 0 aromatic carbocycles. The number of amides is 1. The van der Waals surface area contributed by atoms with Crippen LogP contribution in [0.25, 0.3) is 0 Å². The maximum Gasteiger partial charge on any atom is 0.414 e. The maximum atomic E-state index is 12.2. The van der Waals surface area contributed by atoms with Crippen molar-refractivity contribution in [2.75, 3.05) is 20.2 Å². The van der Waals surface area contributed by atoms with Gasteiger partial charge in [0.1, 0.15) is 5.60 Å². The summed E-state index contributed by atoms with van der Waals surface area (Å²) in [5.41, 5.74) is 0.363. The minimum atomic E-state index is -0.502. The molecule has 0 spiro atoms. The standard InChI is InChI=1S/C17H30N2O3/c1-8-14(2)19(16(20)22-17(4,5)6)12-10-9-11-13-21-15(3)18-7/h8-10H,11-13H2,1-7H3. The molecule has 0 heterocycles. The first-order valence-electron chi connectivity index (χ1n) is 7.56. The van der Waals surface area contributed by atoms with Gasteiger partial charge in [0.2, 0.25) is 0 Å². The van der Waals surface area contributed by atoms with Crippen molar-refractivity contribution in [3.05, 3.63) is 23.9 Å². The first kappa shape index (κ1) is 20.2. The third-order valence-corrected chi connectivity index (χ3v) is 2.82. The van der Waals surface area contributed by atoms with Crippen molar-refractivity contribution in [3.8, 4) is 0 Å². The summed E-state index contributed by atoms with van der Waals surface area (Å²) in [6.07, 6.45) is 6.26. The summed E-state index contributed by atoms with van der Waals surface area (Å²) in [6.45, 7) is 12.2. The van der Waals surface area contributed by atoms with Crippen LogP contribution in [-0.4, -0.2) is 42.7 Å². The van der Waals surface area contributed by atoms with E-state index in [2.05, 4.69) is 4.99 Å². The Balaban J connectivity index is 4.47. The summed E-state index contributed by atoms with van der Waals surface area (Å²) in [5.74, 6) is 0.675. The van der Waals surface area contributed by atoms with E-state index in [1.807, 2.05) is 59.8 Å². The predicted octanol–water partition coefficient (Wildman–Crippen LogP) is 4.16. The van der Waals surface area contributed by atoms with Crippen LogP contribution in [0, 0.1) is 0 Å². The number of aliphatic imine (C=N–C) groups is 1. The number of nitrogens with zero attached hydrogens (tertiary/aromatic N) is 2. The summed E-state index contributed by atoms with van der Waals surface area (Å²) >= 11 is 0. The first-order chi connectivity index (χ1) is 10.2. The van der Waals surface area contributed by atoms with E-state index in [1.54, 1.807) is 11.9 Å². The molecule has 0 fully saturated rings. The molecule has 0 saturated heterocycles. The number of hydrogen-bond donors (Lipinski definition) is 0. The van der Waals surface area contributed by atoms with Crippen molar-refractivity contribution in [1.29, 1.82) is 0 Å². The van der Waals surface area contributed by atoms with Gasteiger partial charge >= 0.3 is 6.09 Å². The summed E-state index contributed by atoms with van der Waals surface area (Å²) < 4.78 is 10.8. The SMILES string of the molecule is CC=C(C)N(CC=CCCOC(C)=NC)C(=O)OC(C)(C)C. The Bertz CT molecular complexity index is 432. The molecule has 0 aromatic rings. The molecule has 0 N–H and O–H groups in total. The first-order valence-corrected chi connectivity index (χ1v) is 7.56. The molecule has 126 valence electrons. The van der Waals surface area contributed by atoms with E-state index in [9.17, 15) is 4.79 Å². The molecule has 1 amide bonds. The highest BCUT2D eigenvalue weighted by Gasteiger charge is 2.22. The molecule has 0 bridgehead atoms. The average molecular weight is 310 g/mol. The zero-order valence-electron chi connectivity index (χ0n) is 15.0. The molecule has 5 heteroatoms. The number of hydrogen-bond acceptors (Lipinski definition) is 4. The van der Waals surface area contributed by atoms with Gasteiger partial charge < -0.3 is 9.47 Å². The quantitative estimate of drug-likeness (QED) is 0.320. The van der Waals surface area contributed by atoms with Crippen LogP contribution in [0.4, 0.5) is 4.79 Å². The summed E-state index contributed by atoms with van der Waals surface area (Å²) in [4.78, 5) is 17.7. The van der Waals surface area contributed by atoms with E-state index in [4.69, 9.17) is 9.47 Å². The fourth-order valence-corrected chi connectivity index (χ4v) is 1.47. The third-order valence-electron chi connectivity index (χ3n) is 2.82. The van der Waals surface area contributed by atoms with Gasteiger partial charge in [-0.1, -0.05) is 18.2 Å². The highest BCUT2D eigenvalue weighted by atomic mass is 16.6. The van der Waals surface area contributed by atoms with Crippen molar-refractivity contribution < 1.29 is 14.3 Å². The molecule has 0 rings (SSSR count). The molecule has 0 aromatic heterocycles. The molecule has 22 heavy (non-hydrogen) atoms. The highest BCUT2D eigenvalue weighted by molar-refractivity contribution is 5.72.